The molecule has 3 fully saturated rings. The lowest BCUT2D eigenvalue weighted by Crippen LogP contribution is -2.50. The van der Waals surface area contributed by atoms with Crippen LogP contribution in [0, 0.1) is 5.92 Å². The number of rotatable bonds is 23. The van der Waals surface area contributed by atoms with Crippen molar-refractivity contribution in [2.45, 2.75) is 136 Å². The van der Waals surface area contributed by atoms with Crippen LogP contribution in [0.15, 0.2) is 61.1 Å². The summed E-state index contributed by atoms with van der Waals surface area (Å²) >= 11 is 0. The highest BCUT2D eigenvalue weighted by Crippen LogP contribution is 2.41. The Balaban J connectivity index is 0.703. The Morgan fingerprint density at radius 3 is 2.46 bits per heavy atom. The molecule has 1 aliphatic carbocycles. The van der Waals surface area contributed by atoms with Gasteiger partial charge in [0, 0.05) is 114 Å². The van der Waals surface area contributed by atoms with E-state index in [0.717, 1.165) is 104 Å². The largest absolute Gasteiger partial charge is 0.478 e. The number of benzene rings is 1. The van der Waals surface area contributed by atoms with E-state index < -0.39 is 11.7 Å². The fraction of sp³-hybridized carbons (Fsp3) is 0.582. The van der Waals surface area contributed by atoms with Crippen LogP contribution in [-0.2, 0) is 33.8 Å². The number of fused-ring (bicyclic) bond motifs is 2. The molecule has 398 valence electrons. The minimum absolute atomic E-state index is 0.0892. The molecule has 3 atom stereocenters. The number of aromatic nitrogens is 6. The van der Waals surface area contributed by atoms with Crippen LogP contribution in [-0.4, -0.2) is 134 Å². The molecule has 4 aliphatic rings. The second-order valence-corrected chi connectivity index (χ2v) is 21.1. The number of piperazine rings is 1. The van der Waals surface area contributed by atoms with Crippen LogP contribution in [0.4, 0.5) is 33.0 Å². The first-order valence-corrected chi connectivity index (χ1v) is 27.0. The van der Waals surface area contributed by atoms with Crippen molar-refractivity contribution in [2.75, 3.05) is 86.1 Å². The molecule has 7 heterocycles. The minimum atomic E-state index is -0.507. The Morgan fingerprint density at radius 1 is 0.919 bits per heavy atom. The van der Waals surface area contributed by atoms with Crippen molar-refractivity contribution in [1.29, 1.82) is 0 Å². The molecule has 9 rings (SSSR count). The second kappa shape index (κ2) is 24.4. The monoisotopic (exact) mass is 1020 g/mol. The van der Waals surface area contributed by atoms with Gasteiger partial charge in [0.15, 0.2) is 5.65 Å². The van der Waals surface area contributed by atoms with Crippen molar-refractivity contribution in [2.24, 2.45) is 5.92 Å². The standard InChI is InChI=1S/C55H76N12O7/c1-6-41-36-59-67-47(32-48(61-51(41)67)65-21-8-7-11-45(65)20-27-68)56-33-40-14-19-49(57-34-40)72-30-10-29-71-28-9-22-66-50-44(37-73-54(66)70)35-58-52(62-50)60-38(2)42-15-17-43(18-16-42)46(31-39-12-13-39)63-23-25-64(26-24-63)53(69)74-55(3,4)5/h14-19,32,34-36,38-39,45-46,56,68H,6-13,20-31,33,37H2,1-5H3,(H,58,60,62)/t38-,45-,46-/m0/s1. The molecule has 3 N–H and O–H groups in total. The van der Waals surface area contributed by atoms with E-state index in [1.165, 1.54) is 18.4 Å². The first-order chi connectivity index (χ1) is 35.9. The zero-order chi connectivity index (χ0) is 51.6. The average Bonchev–Trinajstić information content (AvgIpc) is 4.14. The van der Waals surface area contributed by atoms with Crippen LogP contribution >= 0.6 is 0 Å². The topological polar surface area (TPSA) is 197 Å². The van der Waals surface area contributed by atoms with E-state index in [1.807, 2.05) is 54.7 Å². The molecule has 1 aromatic carbocycles. The van der Waals surface area contributed by atoms with Gasteiger partial charge in [-0.15, -0.1) is 0 Å². The van der Waals surface area contributed by atoms with E-state index in [9.17, 15) is 14.7 Å². The predicted octanol–water partition coefficient (Wildman–Crippen LogP) is 8.73. The summed E-state index contributed by atoms with van der Waals surface area (Å²) < 4.78 is 24.9. The fourth-order valence-electron chi connectivity index (χ4n) is 10.1. The van der Waals surface area contributed by atoms with Gasteiger partial charge in [-0.2, -0.15) is 14.6 Å². The lowest BCUT2D eigenvalue weighted by molar-refractivity contribution is 0.00940. The van der Waals surface area contributed by atoms with Crippen LogP contribution < -0.4 is 25.2 Å². The lowest BCUT2D eigenvalue weighted by atomic mass is 9.96. The molecular weight excluding hydrogens is 941 g/mol. The summed E-state index contributed by atoms with van der Waals surface area (Å²) in [5, 5.41) is 21.4. The second-order valence-electron chi connectivity index (χ2n) is 21.1. The summed E-state index contributed by atoms with van der Waals surface area (Å²) in [6, 6.07) is 15.3. The van der Waals surface area contributed by atoms with E-state index >= 15 is 0 Å². The van der Waals surface area contributed by atoms with Gasteiger partial charge >= 0.3 is 12.2 Å². The molecule has 4 aromatic heterocycles. The number of pyridine rings is 1. The number of carbonyl (C=O) groups excluding carboxylic acids is 2. The number of aryl methyl sites for hydroxylation is 1. The quantitative estimate of drug-likeness (QED) is 0.0525. The fourth-order valence-corrected chi connectivity index (χ4v) is 10.1. The van der Waals surface area contributed by atoms with E-state index in [1.54, 1.807) is 11.1 Å². The van der Waals surface area contributed by atoms with Gasteiger partial charge in [0.2, 0.25) is 11.8 Å². The molecule has 0 radical (unpaired) electrons. The SMILES string of the molecule is CCc1cnn2c(NCc3ccc(OCCCOCCCN4C(=O)OCc5cnc(N[C@@H](C)c6ccc([C@H](CC7CC7)N7CCN(C(=O)OC(C)(C)C)CC7)cc6)nc54)nc3)cc(N3CCCC[C@H]3CCO)nc12. The number of aliphatic hydroxyl groups excluding tert-OH is 1. The highest BCUT2D eigenvalue weighted by atomic mass is 16.6. The molecule has 3 aliphatic heterocycles. The Bertz CT molecular complexity index is 2630. The molecule has 0 spiro atoms. The zero-order valence-corrected chi connectivity index (χ0v) is 44.0. The molecule has 74 heavy (non-hydrogen) atoms. The molecule has 2 saturated heterocycles. The number of piperidine rings is 1. The maximum absolute atomic E-state index is 13.0. The highest BCUT2D eigenvalue weighted by Gasteiger charge is 2.34. The van der Waals surface area contributed by atoms with Crippen molar-refractivity contribution in [3.05, 3.63) is 88.9 Å². The van der Waals surface area contributed by atoms with Crippen molar-refractivity contribution < 1.29 is 33.6 Å². The number of cyclic esters (lactones) is 1. The van der Waals surface area contributed by atoms with Crippen LogP contribution in [0.1, 0.15) is 132 Å². The Labute approximate surface area is 435 Å². The molecule has 0 bridgehead atoms. The van der Waals surface area contributed by atoms with Crippen LogP contribution in [0.25, 0.3) is 5.65 Å². The molecular formula is C55H76N12O7. The highest BCUT2D eigenvalue weighted by molar-refractivity contribution is 5.89. The first kappa shape index (κ1) is 52.5. The third-order valence-electron chi connectivity index (χ3n) is 14.4. The van der Waals surface area contributed by atoms with E-state index in [-0.39, 0.29) is 31.4 Å². The van der Waals surface area contributed by atoms with E-state index in [4.69, 9.17) is 28.9 Å². The summed E-state index contributed by atoms with van der Waals surface area (Å²) in [6.45, 7) is 16.4. The van der Waals surface area contributed by atoms with Crippen LogP contribution in [0.3, 0.4) is 0 Å². The van der Waals surface area contributed by atoms with Crippen molar-refractivity contribution >= 4 is 41.2 Å². The predicted molar refractivity (Wildman–Crippen MR) is 284 cm³/mol. The van der Waals surface area contributed by atoms with Gasteiger partial charge in [-0.3, -0.25) is 9.80 Å². The number of hydrogen-bond acceptors (Lipinski definition) is 16. The number of anilines is 4. The van der Waals surface area contributed by atoms with Crippen molar-refractivity contribution in [3.63, 3.8) is 0 Å². The van der Waals surface area contributed by atoms with Crippen LogP contribution in [0.5, 0.6) is 5.88 Å². The van der Waals surface area contributed by atoms with Gasteiger partial charge in [-0.05, 0) is 95.2 Å². The number of aliphatic hydroxyl groups is 1. The van der Waals surface area contributed by atoms with Crippen molar-refractivity contribution in [1.82, 2.24) is 39.3 Å². The number of carbonyl (C=O) groups is 2. The first-order valence-electron chi connectivity index (χ1n) is 27.0. The van der Waals surface area contributed by atoms with Crippen molar-refractivity contribution in [3.8, 4) is 5.88 Å². The summed E-state index contributed by atoms with van der Waals surface area (Å²) in [5.74, 6) is 4.06. The number of nitrogens with zero attached hydrogens (tertiary/aromatic N) is 10. The van der Waals surface area contributed by atoms with Gasteiger partial charge in [0.05, 0.1) is 24.4 Å². The number of hydrogen-bond donors (Lipinski definition) is 3. The zero-order valence-electron chi connectivity index (χ0n) is 44.0. The molecule has 5 aromatic rings. The number of ether oxygens (including phenoxy) is 4. The maximum atomic E-state index is 13.0. The maximum Gasteiger partial charge on any atom is 0.415 e. The summed E-state index contributed by atoms with van der Waals surface area (Å²) in [5.41, 5.74) is 5.59. The average molecular weight is 1020 g/mol. The molecule has 19 heteroatoms. The molecule has 2 amide bonds. The van der Waals surface area contributed by atoms with Gasteiger partial charge < -0.3 is 44.5 Å². The summed E-state index contributed by atoms with van der Waals surface area (Å²) in [7, 11) is 0. The van der Waals surface area contributed by atoms with Gasteiger partial charge in [0.1, 0.15) is 29.7 Å². The summed E-state index contributed by atoms with van der Waals surface area (Å²) in [4.78, 5) is 53.0. The Kier molecular flexibility index (Phi) is 17.3. The van der Waals surface area contributed by atoms with Gasteiger partial charge in [-0.25, -0.2) is 24.5 Å². The van der Waals surface area contributed by atoms with Gasteiger partial charge in [-0.1, -0.05) is 50.1 Å². The number of nitrogens with one attached hydrogen (secondary N) is 2. The Hall–Kier alpha value is -6.31. The van der Waals surface area contributed by atoms with Gasteiger partial charge in [0.25, 0.3) is 0 Å². The molecule has 1 saturated carbocycles. The van der Waals surface area contributed by atoms with E-state index in [0.29, 0.717) is 82.5 Å². The normalized spacial score (nSPS) is 18.2. The molecule has 0 unspecified atom stereocenters. The third kappa shape index (κ3) is 13.5. The number of amides is 2. The van der Waals surface area contributed by atoms with Crippen LogP contribution in [0.2, 0.25) is 0 Å². The minimum Gasteiger partial charge on any atom is -0.478 e. The third-order valence-corrected chi connectivity index (χ3v) is 14.4. The summed E-state index contributed by atoms with van der Waals surface area (Å²) in [6.07, 6.45) is 14.6. The lowest BCUT2D eigenvalue weighted by Gasteiger charge is -2.40. The Morgan fingerprint density at radius 2 is 1.72 bits per heavy atom. The smallest absolute Gasteiger partial charge is 0.415 e. The molecule has 19 nitrogen and oxygen atoms in total. The van der Waals surface area contributed by atoms with E-state index in [2.05, 4.69) is 79.7 Å².